The molecule has 0 fully saturated rings. The molecule has 0 bridgehead atoms. The molecule has 0 spiro atoms. The third-order valence-electron chi connectivity index (χ3n) is 4.52. The van der Waals surface area contributed by atoms with Crippen LogP contribution in [0.1, 0.15) is 12.5 Å². The van der Waals surface area contributed by atoms with Crippen molar-refractivity contribution < 1.29 is 17.9 Å². The summed E-state index contributed by atoms with van der Waals surface area (Å²) in [6, 6.07) is 23.8. The van der Waals surface area contributed by atoms with Crippen molar-refractivity contribution in [2.75, 3.05) is 18.0 Å². The largest absolute Gasteiger partial charge is 0.497 e. The van der Waals surface area contributed by atoms with E-state index in [1.54, 1.807) is 49.4 Å². The standard InChI is InChI=1S/C23H23N3O4S/c1-18(19-9-5-3-6-10-19)24-25-23(27)17-26(20-11-7-4-8-12-20)31(28,29)22-15-13-21(30-2)14-16-22/h3-16H,17H2,1-2H3,(H,25,27)/b24-18-. The Morgan fingerprint density at radius 1 is 0.935 bits per heavy atom. The lowest BCUT2D eigenvalue weighted by atomic mass is 10.1. The number of methoxy groups -OCH3 is 1. The maximum absolute atomic E-state index is 13.3. The van der Waals surface area contributed by atoms with Crippen molar-refractivity contribution in [2.24, 2.45) is 5.10 Å². The molecule has 0 aliphatic heterocycles. The first kappa shape index (κ1) is 22.0. The molecule has 0 aromatic heterocycles. The zero-order valence-electron chi connectivity index (χ0n) is 17.2. The summed E-state index contributed by atoms with van der Waals surface area (Å²) in [4.78, 5) is 12.6. The van der Waals surface area contributed by atoms with Gasteiger partial charge >= 0.3 is 0 Å². The number of amides is 1. The van der Waals surface area contributed by atoms with E-state index in [1.807, 2.05) is 30.3 Å². The predicted octanol–water partition coefficient (Wildman–Crippen LogP) is 3.43. The van der Waals surface area contributed by atoms with Gasteiger partial charge in [0.25, 0.3) is 15.9 Å². The van der Waals surface area contributed by atoms with Crippen LogP contribution in [0.5, 0.6) is 5.75 Å². The van der Waals surface area contributed by atoms with Gasteiger partial charge in [-0.25, -0.2) is 13.8 Å². The van der Waals surface area contributed by atoms with Gasteiger partial charge in [0.05, 0.1) is 23.4 Å². The van der Waals surface area contributed by atoms with E-state index >= 15 is 0 Å². The lowest BCUT2D eigenvalue weighted by Gasteiger charge is -2.23. The zero-order chi connectivity index (χ0) is 22.3. The fraction of sp³-hybridized carbons (Fsp3) is 0.130. The highest BCUT2D eigenvalue weighted by atomic mass is 32.2. The summed E-state index contributed by atoms with van der Waals surface area (Å²) in [7, 11) is -2.49. The van der Waals surface area contributed by atoms with Crippen LogP contribution in [0, 0.1) is 0 Å². The molecule has 3 aromatic carbocycles. The van der Waals surface area contributed by atoms with Crippen LogP contribution in [0.15, 0.2) is 94.9 Å². The molecule has 0 saturated carbocycles. The van der Waals surface area contributed by atoms with Gasteiger partial charge < -0.3 is 4.74 Å². The average Bonchev–Trinajstić information content (AvgIpc) is 2.82. The maximum Gasteiger partial charge on any atom is 0.264 e. The Morgan fingerprint density at radius 2 is 1.52 bits per heavy atom. The molecule has 1 N–H and O–H groups in total. The van der Waals surface area contributed by atoms with E-state index in [9.17, 15) is 13.2 Å². The maximum atomic E-state index is 13.3. The number of hydrogen-bond acceptors (Lipinski definition) is 5. The average molecular weight is 438 g/mol. The molecule has 0 saturated heterocycles. The van der Waals surface area contributed by atoms with Gasteiger partial charge in [0, 0.05) is 0 Å². The van der Waals surface area contributed by atoms with Gasteiger partial charge in [0.15, 0.2) is 0 Å². The normalized spacial score (nSPS) is 11.6. The number of ether oxygens (including phenoxy) is 1. The highest BCUT2D eigenvalue weighted by Crippen LogP contribution is 2.24. The number of anilines is 1. The Kier molecular flexibility index (Phi) is 7.04. The molecule has 0 unspecified atom stereocenters. The third kappa shape index (κ3) is 5.49. The summed E-state index contributed by atoms with van der Waals surface area (Å²) < 4.78 is 32.7. The van der Waals surface area contributed by atoms with Gasteiger partial charge in [-0.05, 0) is 48.9 Å². The Hall–Kier alpha value is -3.65. The van der Waals surface area contributed by atoms with Gasteiger partial charge in [-0.3, -0.25) is 9.10 Å². The second-order valence-corrected chi connectivity index (χ2v) is 8.48. The second kappa shape index (κ2) is 9.90. The summed E-state index contributed by atoms with van der Waals surface area (Å²) in [6.45, 7) is 1.34. The molecular weight excluding hydrogens is 414 g/mol. The molecule has 3 rings (SSSR count). The molecule has 0 heterocycles. The SMILES string of the molecule is COc1ccc(S(=O)(=O)N(CC(=O)N/N=C(/C)c2ccccc2)c2ccccc2)cc1. The van der Waals surface area contributed by atoms with E-state index in [1.165, 1.54) is 19.2 Å². The molecule has 3 aromatic rings. The zero-order valence-corrected chi connectivity index (χ0v) is 18.0. The molecule has 7 nitrogen and oxygen atoms in total. The number of hydrazone groups is 1. The number of carbonyl (C=O) groups is 1. The van der Waals surface area contributed by atoms with Crippen molar-refractivity contribution in [3.8, 4) is 5.75 Å². The van der Waals surface area contributed by atoms with Gasteiger partial charge in [-0.15, -0.1) is 0 Å². The topological polar surface area (TPSA) is 88.1 Å². The second-order valence-electron chi connectivity index (χ2n) is 6.62. The number of benzene rings is 3. The summed E-state index contributed by atoms with van der Waals surface area (Å²) in [5.41, 5.74) is 4.28. The number of sulfonamides is 1. The van der Waals surface area contributed by atoms with E-state index < -0.39 is 22.5 Å². The number of nitrogens with one attached hydrogen (secondary N) is 1. The van der Waals surface area contributed by atoms with E-state index in [0.717, 1.165) is 9.87 Å². The lowest BCUT2D eigenvalue weighted by Crippen LogP contribution is -2.39. The summed E-state index contributed by atoms with van der Waals surface area (Å²) in [6.07, 6.45) is 0. The summed E-state index contributed by atoms with van der Waals surface area (Å²) >= 11 is 0. The van der Waals surface area contributed by atoms with E-state index in [4.69, 9.17) is 4.74 Å². The Labute approximate surface area is 182 Å². The van der Waals surface area contributed by atoms with Crippen LogP contribution in [-0.4, -0.2) is 33.7 Å². The molecule has 0 radical (unpaired) electrons. The molecule has 160 valence electrons. The predicted molar refractivity (Wildman–Crippen MR) is 121 cm³/mol. The minimum atomic E-state index is -4.00. The number of hydrogen-bond donors (Lipinski definition) is 1. The van der Waals surface area contributed by atoms with Crippen LogP contribution in [-0.2, 0) is 14.8 Å². The van der Waals surface area contributed by atoms with Crippen molar-refractivity contribution >= 4 is 27.3 Å². The van der Waals surface area contributed by atoms with E-state index in [-0.39, 0.29) is 4.90 Å². The monoisotopic (exact) mass is 437 g/mol. The van der Waals surface area contributed by atoms with Crippen LogP contribution in [0.3, 0.4) is 0 Å². The molecule has 31 heavy (non-hydrogen) atoms. The summed E-state index contributed by atoms with van der Waals surface area (Å²) in [5, 5.41) is 4.10. The molecule has 8 heteroatoms. The van der Waals surface area contributed by atoms with Gasteiger partial charge in [-0.2, -0.15) is 5.10 Å². The molecule has 0 aliphatic rings. The first-order valence-electron chi connectivity index (χ1n) is 9.52. The van der Waals surface area contributed by atoms with E-state index in [2.05, 4.69) is 10.5 Å². The first-order chi connectivity index (χ1) is 14.9. The Balaban J connectivity index is 1.85. The smallest absolute Gasteiger partial charge is 0.264 e. The lowest BCUT2D eigenvalue weighted by molar-refractivity contribution is -0.119. The number of nitrogens with zero attached hydrogens (tertiary/aromatic N) is 2. The van der Waals surface area contributed by atoms with Crippen LogP contribution < -0.4 is 14.5 Å². The van der Waals surface area contributed by atoms with Crippen molar-refractivity contribution in [1.29, 1.82) is 0 Å². The van der Waals surface area contributed by atoms with Crippen molar-refractivity contribution in [3.05, 3.63) is 90.5 Å². The van der Waals surface area contributed by atoms with Crippen LogP contribution in [0.2, 0.25) is 0 Å². The van der Waals surface area contributed by atoms with Crippen LogP contribution in [0.25, 0.3) is 0 Å². The van der Waals surface area contributed by atoms with Crippen LogP contribution >= 0.6 is 0 Å². The van der Waals surface area contributed by atoms with Gasteiger partial charge in [0.2, 0.25) is 0 Å². The van der Waals surface area contributed by atoms with Crippen molar-refractivity contribution in [2.45, 2.75) is 11.8 Å². The minimum absolute atomic E-state index is 0.0499. The summed E-state index contributed by atoms with van der Waals surface area (Å²) in [5.74, 6) is -0.0232. The van der Waals surface area contributed by atoms with E-state index in [0.29, 0.717) is 17.1 Å². The minimum Gasteiger partial charge on any atom is -0.497 e. The number of rotatable bonds is 8. The van der Waals surface area contributed by atoms with Crippen LogP contribution in [0.4, 0.5) is 5.69 Å². The van der Waals surface area contributed by atoms with Gasteiger partial charge in [-0.1, -0.05) is 48.5 Å². The molecule has 1 amide bonds. The Bertz CT molecular complexity index is 1150. The first-order valence-corrected chi connectivity index (χ1v) is 11.0. The van der Waals surface area contributed by atoms with Crippen molar-refractivity contribution in [1.82, 2.24) is 5.43 Å². The fourth-order valence-electron chi connectivity index (χ4n) is 2.84. The molecular formula is C23H23N3O4S. The number of carbonyl (C=O) groups excluding carboxylic acids is 1. The molecule has 0 atom stereocenters. The fourth-order valence-corrected chi connectivity index (χ4v) is 4.26. The molecule has 0 aliphatic carbocycles. The number of para-hydroxylation sites is 1. The van der Waals surface area contributed by atoms with Crippen molar-refractivity contribution in [3.63, 3.8) is 0 Å². The highest BCUT2D eigenvalue weighted by molar-refractivity contribution is 7.92. The third-order valence-corrected chi connectivity index (χ3v) is 6.31. The highest BCUT2D eigenvalue weighted by Gasteiger charge is 2.27. The Morgan fingerprint density at radius 3 is 2.10 bits per heavy atom. The quantitative estimate of drug-likeness (QED) is 0.432. The van der Waals surface area contributed by atoms with Gasteiger partial charge in [0.1, 0.15) is 12.3 Å².